The molecule has 0 fully saturated rings. The Labute approximate surface area is 100 Å². The second-order valence-electron chi connectivity index (χ2n) is 3.24. The monoisotopic (exact) mass is 245 g/mol. The van der Waals surface area contributed by atoms with Gasteiger partial charge in [-0.05, 0) is 12.1 Å². The smallest absolute Gasteiger partial charge is 0.276 e. The predicted octanol–water partition coefficient (Wildman–Crippen LogP) is 1.84. The Balaban J connectivity index is 2.01. The number of nitrogens with zero attached hydrogens (tertiary/aromatic N) is 4. The number of hydrogen-bond donors (Lipinski definition) is 1. The minimum Gasteiger partial charge on any atom is -0.384 e. The van der Waals surface area contributed by atoms with Gasteiger partial charge in [0.25, 0.3) is 5.89 Å². The summed E-state index contributed by atoms with van der Waals surface area (Å²) in [6, 6.07) is 5.25. The van der Waals surface area contributed by atoms with E-state index in [1.54, 1.807) is 29.9 Å². The molecule has 0 bridgehead atoms. The normalized spacial score (nSPS) is 10.6. The minimum atomic E-state index is 0.348. The van der Waals surface area contributed by atoms with Crippen molar-refractivity contribution in [3.63, 3.8) is 0 Å². The van der Waals surface area contributed by atoms with E-state index in [-0.39, 0.29) is 0 Å². The van der Waals surface area contributed by atoms with Crippen molar-refractivity contribution in [2.75, 3.05) is 5.73 Å². The number of thiazole rings is 1. The zero-order valence-corrected chi connectivity index (χ0v) is 9.39. The maximum Gasteiger partial charge on any atom is 0.276 e. The molecule has 0 aliphatic heterocycles. The number of aromatic nitrogens is 4. The van der Waals surface area contributed by atoms with Crippen LogP contribution in [0.2, 0.25) is 0 Å². The second kappa shape index (κ2) is 3.95. The zero-order chi connectivity index (χ0) is 11.7. The molecule has 0 atom stereocenters. The summed E-state index contributed by atoms with van der Waals surface area (Å²) < 4.78 is 5.13. The van der Waals surface area contributed by atoms with E-state index in [2.05, 4.69) is 20.1 Å². The zero-order valence-electron chi connectivity index (χ0n) is 8.57. The van der Waals surface area contributed by atoms with Crippen molar-refractivity contribution in [3.05, 3.63) is 29.9 Å². The summed E-state index contributed by atoms with van der Waals surface area (Å²) in [5.41, 5.74) is 7.86. The van der Waals surface area contributed by atoms with E-state index in [9.17, 15) is 0 Å². The lowest BCUT2D eigenvalue weighted by atomic mass is 10.3. The van der Waals surface area contributed by atoms with Crippen LogP contribution in [0.3, 0.4) is 0 Å². The van der Waals surface area contributed by atoms with Crippen molar-refractivity contribution in [1.82, 2.24) is 20.1 Å². The molecule has 3 rings (SSSR count). The second-order valence-corrected chi connectivity index (χ2v) is 4.12. The van der Waals surface area contributed by atoms with Crippen molar-refractivity contribution < 1.29 is 4.52 Å². The van der Waals surface area contributed by atoms with E-state index >= 15 is 0 Å². The third kappa shape index (κ3) is 1.87. The number of hydrogen-bond acceptors (Lipinski definition) is 7. The SMILES string of the molecule is Nc1cccc(-c2nc(-c3cncs3)no2)n1. The molecule has 0 aromatic carbocycles. The van der Waals surface area contributed by atoms with E-state index in [4.69, 9.17) is 10.3 Å². The molecule has 3 aromatic rings. The third-order valence-electron chi connectivity index (χ3n) is 2.07. The lowest BCUT2D eigenvalue weighted by molar-refractivity contribution is 0.431. The van der Waals surface area contributed by atoms with Crippen LogP contribution in [-0.4, -0.2) is 20.1 Å². The van der Waals surface area contributed by atoms with Gasteiger partial charge >= 0.3 is 0 Å². The van der Waals surface area contributed by atoms with Gasteiger partial charge in [-0.3, -0.25) is 4.98 Å². The average molecular weight is 245 g/mol. The molecule has 3 aromatic heterocycles. The van der Waals surface area contributed by atoms with E-state index in [1.807, 2.05) is 0 Å². The number of nitrogens with two attached hydrogens (primary N) is 1. The summed E-state index contributed by atoms with van der Waals surface area (Å²) >= 11 is 1.45. The van der Waals surface area contributed by atoms with Gasteiger partial charge in [-0.25, -0.2) is 4.98 Å². The van der Waals surface area contributed by atoms with Gasteiger partial charge in [-0.1, -0.05) is 11.2 Å². The van der Waals surface area contributed by atoms with Crippen LogP contribution in [0.4, 0.5) is 5.82 Å². The molecule has 0 saturated heterocycles. The highest BCUT2D eigenvalue weighted by atomic mass is 32.1. The first kappa shape index (κ1) is 9.91. The molecule has 7 heteroatoms. The summed E-state index contributed by atoms with van der Waals surface area (Å²) in [6.45, 7) is 0. The molecule has 17 heavy (non-hydrogen) atoms. The van der Waals surface area contributed by atoms with Crippen LogP contribution < -0.4 is 5.73 Å². The Kier molecular flexibility index (Phi) is 2.30. The quantitative estimate of drug-likeness (QED) is 0.740. The van der Waals surface area contributed by atoms with Crippen molar-refractivity contribution in [3.8, 4) is 22.3 Å². The molecule has 0 radical (unpaired) electrons. The molecule has 2 N–H and O–H groups in total. The third-order valence-corrected chi connectivity index (χ3v) is 2.84. The molecule has 0 unspecified atom stereocenters. The minimum absolute atomic E-state index is 0.348. The van der Waals surface area contributed by atoms with Gasteiger partial charge in [-0.15, -0.1) is 11.3 Å². The first-order chi connectivity index (χ1) is 8.33. The van der Waals surface area contributed by atoms with E-state index in [0.29, 0.717) is 23.2 Å². The Morgan fingerprint density at radius 1 is 1.24 bits per heavy atom. The molecular weight excluding hydrogens is 238 g/mol. The highest BCUT2D eigenvalue weighted by molar-refractivity contribution is 7.13. The average Bonchev–Trinajstić information content (AvgIpc) is 3.00. The molecule has 0 spiro atoms. The molecule has 0 aliphatic rings. The topological polar surface area (TPSA) is 90.7 Å². The van der Waals surface area contributed by atoms with Crippen LogP contribution >= 0.6 is 11.3 Å². The van der Waals surface area contributed by atoms with Crippen LogP contribution in [0.5, 0.6) is 0 Å². The Hall–Kier alpha value is -2.28. The van der Waals surface area contributed by atoms with Crippen molar-refractivity contribution in [2.45, 2.75) is 0 Å². The number of nitrogen functional groups attached to an aromatic ring is 1. The van der Waals surface area contributed by atoms with Crippen molar-refractivity contribution in [2.24, 2.45) is 0 Å². The number of rotatable bonds is 2. The summed E-state index contributed by atoms with van der Waals surface area (Å²) in [7, 11) is 0. The highest BCUT2D eigenvalue weighted by Crippen LogP contribution is 2.23. The van der Waals surface area contributed by atoms with Gasteiger partial charge < -0.3 is 10.3 Å². The van der Waals surface area contributed by atoms with Gasteiger partial charge in [0, 0.05) is 6.20 Å². The first-order valence-corrected chi connectivity index (χ1v) is 5.66. The Bertz CT molecular complexity index is 634. The number of anilines is 1. The fourth-order valence-corrected chi connectivity index (χ4v) is 1.87. The largest absolute Gasteiger partial charge is 0.384 e. The number of pyridine rings is 1. The Morgan fingerprint density at radius 3 is 2.94 bits per heavy atom. The summed E-state index contributed by atoms with van der Waals surface area (Å²) in [6.07, 6.45) is 1.69. The molecule has 0 aliphatic carbocycles. The van der Waals surface area contributed by atoms with E-state index < -0.39 is 0 Å². The van der Waals surface area contributed by atoms with Crippen LogP contribution in [0, 0.1) is 0 Å². The van der Waals surface area contributed by atoms with Gasteiger partial charge in [0.05, 0.1) is 10.4 Å². The predicted molar refractivity (Wildman–Crippen MR) is 63.0 cm³/mol. The van der Waals surface area contributed by atoms with Crippen LogP contribution in [0.1, 0.15) is 0 Å². The van der Waals surface area contributed by atoms with Crippen molar-refractivity contribution >= 4 is 17.2 Å². The lowest BCUT2D eigenvalue weighted by Crippen LogP contribution is -1.91. The van der Waals surface area contributed by atoms with Gasteiger partial charge in [0.15, 0.2) is 0 Å². The van der Waals surface area contributed by atoms with E-state index in [1.165, 1.54) is 11.3 Å². The first-order valence-electron chi connectivity index (χ1n) is 4.78. The Morgan fingerprint density at radius 2 is 2.18 bits per heavy atom. The van der Waals surface area contributed by atoms with Gasteiger partial charge in [-0.2, -0.15) is 4.98 Å². The molecule has 0 saturated carbocycles. The van der Waals surface area contributed by atoms with Gasteiger partial charge in [0.1, 0.15) is 11.5 Å². The van der Waals surface area contributed by atoms with Crippen LogP contribution in [0.15, 0.2) is 34.4 Å². The summed E-state index contributed by atoms with van der Waals surface area (Å²) in [5.74, 6) is 1.27. The summed E-state index contributed by atoms with van der Waals surface area (Å²) in [4.78, 5) is 13.2. The van der Waals surface area contributed by atoms with E-state index in [0.717, 1.165) is 4.88 Å². The maximum absolute atomic E-state index is 5.59. The maximum atomic E-state index is 5.59. The van der Waals surface area contributed by atoms with Gasteiger partial charge in [0.2, 0.25) is 5.82 Å². The molecule has 3 heterocycles. The molecule has 6 nitrogen and oxygen atoms in total. The lowest BCUT2D eigenvalue weighted by Gasteiger charge is -1.93. The van der Waals surface area contributed by atoms with Crippen molar-refractivity contribution in [1.29, 1.82) is 0 Å². The molecule has 84 valence electrons. The fraction of sp³-hybridized carbons (Fsp3) is 0. The molecular formula is C10H7N5OS. The van der Waals surface area contributed by atoms with Crippen LogP contribution in [-0.2, 0) is 0 Å². The highest BCUT2D eigenvalue weighted by Gasteiger charge is 2.12. The summed E-state index contributed by atoms with van der Waals surface area (Å²) in [5, 5.41) is 3.87. The van der Waals surface area contributed by atoms with Crippen LogP contribution in [0.25, 0.3) is 22.3 Å². The standard InChI is InChI=1S/C10H7N5OS/c11-8-3-1-2-6(13-8)10-14-9(15-16-10)7-4-12-5-17-7/h1-5H,(H2,11,13). The molecule has 0 amide bonds. The fourth-order valence-electron chi connectivity index (χ4n) is 1.32.